The maximum absolute atomic E-state index is 5.60. The van der Waals surface area contributed by atoms with Gasteiger partial charge in [0.2, 0.25) is 5.13 Å². The van der Waals surface area contributed by atoms with Crippen molar-refractivity contribution in [2.45, 2.75) is 42.8 Å². The Kier molecular flexibility index (Phi) is 5.50. The fraction of sp³-hybridized carbons (Fsp3) is 0.667. The maximum atomic E-state index is 5.60. The summed E-state index contributed by atoms with van der Waals surface area (Å²) in [5.41, 5.74) is 5.52. The Morgan fingerprint density at radius 3 is 2.62 bits per heavy atom. The Labute approximate surface area is 137 Å². The zero-order valence-corrected chi connectivity index (χ0v) is 15.1. The lowest BCUT2D eigenvalue weighted by Gasteiger charge is -2.20. The van der Waals surface area contributed by atoms with Gasteiger partial charge in [0.1, 0.15) is 5.82 Å². The van der Waals surface area contributed by atoms with Crippen LogP contribution in [0.25, 0.3) is 0 Å². The molecule has 2 heterocycles. The van der Waals surface area contributed by atoms with E-state index in [2.05, 4.69) is 47.3 Å². The van der Waals surface area contributed by atoms with Gasteiger partial charge in [-0.05, 0) is 27.0 Å². The molecule has 0 spiro atoms. The van der Waals surface area contributed by atoms with Crippen molar-refractivity contribution in [1.82, 2.24) is 25.0 Å². The monoisotopic (exact) mass is 344 g/mol. The van der Waals surface area contributed by atoms with Crippen LogP contribution in [0, 0.1) is 0 Å². The second kappa shape index (κ2) is 6.97. The van der Waals surface area contributed by atoms with Crippen molar-refractivity contribution >= 4 is 40.0 Å². The fourth-order valence-corrected chi connectivity index (χ4v) is 3.66. The summed E-state index contributed by atoms with van der Waals surface area (Å²) in [6, 6.07) is 0. The molecule has 9 heteroatoms. The molecule has 21 heavy (non-hydrogen) atoms. The molecule has 0 atom stereocenters. The molecule has 0 saturated carbocycles. The van der Waals surface area contributed by atoms with Crippen LogP contribution in [0.3, 0.4) is 0 Å². The van der Waals surface area contributed by atoms with E-state index in [4.69, 9.17) is 5.73 Å². The van der Waals surface area contributed by atoms with Gasteiger partial charge >= 0.3 is 0 Å². The van der Waals surface area contributed by atoms with E-state index in [1.54, 1.807) is 11.8 Å². The quantitative estimate of drug-likeness (QED) is 0.807. The first-order chi connectivity index (χ1) is 9.90. The van der Waals surface area contributed by atoms with E-state index in [1.807, 2.05) is 16.4 Å². The summed E-state index contributed by atoms with van der Waals surface area (Å²) < 4.78 is 2.88. The summed E-state index contributed by atoms with van der Waals surface area (Å²) >= 11 is 4.80. The third kappa shape index (κ3) is 4.58. The van der Waals surface area contributed by atoms with Gasteiger partial charge in [-0.25, -0.2) is 9.67 Å². The van der Waals surface area contributed by atoms with Crippen LogP contribution in [0.2, 0.25) is 0 Å². The SMILES string of the molecule is CSCCc1nc(CSc2nnc(N)s2)n(C(C)(C)C)n1. The van der Waals surface area contributed by atoms with Gasteiger partial charge in [-0.3, -0.25) is 0 Å². The smallest absolute Gasteiger partial charge is 0.203 e. The molecule has 0 unspecified atom stereocenters. The number of nitrogen functional groups attached to an aromatic ring is 1. The van der Waals surface area contributed by atoms with Gasteiger partial charge < -0.3 is 5.73 Å². The van der Waals surface area contributed by atoms with Gasteiger partial charge in [-0.2, -0.15) is 16.9 Å². The first-order valence-electron chi connectivity index (χ1n) is 6.56. The van der Waals surface area contributed by atoms with Crippen molar-refractivity contribution in [3.63, 3.8) is 0 Å². The van der Waals surface area contributed by atoms with Crippen LogP contribution in [-0.4, -0.2) is 37.0 Å². The summed E-state index contributed by atoms with van der Waals surface area (Å²) in [6.45, 7) is 6.41. The maximum Gasteiger partial charge on any atom is 0.203 e. The minimum atomic E-state index is -0.0827. The number of rotatable bonds is 6. The highest BCUT2D eigenvalue weighted by Crippen LogP contribution is 2.28. The van der Waals surface area contributed by atoms with Gasteiger partial charge in [0.25, 0.3) is 0 Å². The summed E-state index contributed by atoms with van der Waals surface area (Å²) in [4.78, 5) is 4.68. The molecular formula is C12H20N6S3. The number of aryl methyl sites for hydroxylation is 1. The third-order valence-corrected chi connectivity index (χ3v) is 5.12. The number of hydrogen-bond acceptors (Lipinski definition) is 8. The standard InChI is InChI=1S/C12H20N6S3/c1-12(2,3)18-9(14-8(17-18)5-6-19-4)7-20-11-16-15-10(13)21-11/h5-7H2,1-4H3,(H2,13,15). The van der Waals surface area contributed by atoms with Crippen molar-refractivity contribution in [1.29, 1.82) is 0 Å². The zero-order valence-electron chi connectivity index (χ0n) is 12.7. The van der Waals surface area contributed by atoms with Crippen LogP contribution in [0.5, 0.6) is 0 Å². The van der Waals surface area contributed by atoms with Crippen LogP contribution < -0.4 is 5.73 Å². The van der Waals surface area contributed by atoms with Crippen molar-refractivity contribution in [3.8, 4) is 0 Å². The molecule has 2 aromatic rings. The third-order valence-electron chi connectivity index (χ3n) is 2.63. The van der Waals surface area contributed by atoms with E-state index < -0.39 is 0 Å². The molecule has 0 aliphatic rings. The second-order valence-corrected chi connectivity index (χ2v) is 8.68. The molecule has 2 rings (SSSR count). The van der Waals surface area contributed by atoms with Gasteiger partial charge in [0.05, 0.1) is 11.3 Å². The molecule has 0 amide bonds. The number of nitrogens with two attached hydrogens (primary N) is 1. The zero-order chi connectivity index (χ0) is 15.5. The Morgan fingerprint density at radius 2 is 2.05 bits per heavy atom. The van der Waals surface area contributed by atoms with E-state index in [1.165, 1.54) is 11.3 Å². The Balaban J connectivity index is 2.13. The molecular weight excluding hydrogens is 324 g/mol. The number of anilines is 1. The average Bonchev–Trinajstić information content (AvgIpc) is 2.99. The molecule has 0 aromatic carbocycles. The molecule has 2 aromatic heterocycles. The fourth-order valence-electron chi connectivity index (χ4n) is 1.73. The van der Waals surface area contributed by atoms with Crippen molar-refractivity contribution in [3.05, 3.63) is 11.6 Å². The average molecular weight is 345 g/mol. The Bertz CT molecular complexity index is 586. The lowest BCUT2D eigenvalue weighted by molar-refractivity contribution is 0.344. The molecule has 6 nitrogen and oxygen atoms in total. The largest absolute Gasteiger partial charge is 0.374 e. The predicted octanol–water partition coefficient (Wildman–Crippen LogP) is 2.66. The summed E-state index contributed by atoms with van der Waals surface area (Å²) in [7, 11) is 0. The molecule has 116 valence electrons. The van der Waals surface area contributed by atoms with Crippen molar-refractivity contribution < 1.29 is 0 Å². The van der Waals surface area contributed by atoms with E-state index in [0.717, 1.165) is 33.9 Å². The van der Waals surface area contributed by atoms with Crippen LogP contribution in [0.1, 0.15) is 32.4 Å². The molecule has 0 bridgehead atoms. The lowest BCUT2D eigenvalue weighted by Crippen LogP contribution is -2.25. The Hall–Kier alpha value is -0.800. The first kappa shape index (κ1) is 16.6. The highest BCUT2D eigenvalue weighted by atomic mass is 32.2. The van der Waals surface area contributed by atoms with E-state index in [0.29, 0.717) is 5.13 Å². The molecule has 0 aliphatic heterocycles. The lowest BCUT2D eigenvalue weighted by atomic mass is 10.1. The number of aromatic nitrogens is 5. The molecule has 0 aliphatic carbocycles. The summed E-state index contributed by atoms with van der Waals surface area (Å²) in [5.74, 6) is 3.63. The van der Waals surface area contributed by atoms with Crippen molar-refractivity contribution in [2.75, 3.05) is 17.7 Å². The number of thioether (sulfide) groups is 2. The topological polar surface area (TPSA) is 82.5 Å². The second-order valence-electron chi connectivity index (χ2n) is 5.46. The Morgan fingerprint density at radius 1 is 1.29 bits per heavy atom. The van der Waals surface area contributed by atoms with E-state index in [-0.39, 0.29) is 5.54 Å². The van der Waals surface area contributed by atoms with Crippen LogP contribution in [0.15, 0.2) is 4.34 Å². The molecule has 2 N–H and O–H groups in total. The van der Waals surface area contributed by atoms with Crippen LogP contribution in [-0.2, 0) is 17.7 Å². The van der Waals surface area contributed by atoms with Gasteiger partial charge in [0, 0.05) is 12.2 Å². The highest BCUT2D eigenvalue weighted by molar-refractivity contribution is 8.00. The molecule has 0 fully saturated rings. The first-order valence-corrected chi connectivity index (χ1v) is 9.75. The van der Waals surface area contributed by atoms with Crippen LogP contribution >= 0.6 is 34.9 Å². The minimum absolute atomic E-state index is 0.0827. The summed E-state index contributed by atoms with van der Waals surface area (Å²) in [6.07, 6.45) is 2.99. The van der Waals surface area contributed by atoms with E-state index in [9.17, 15) is 0 Å². The highest BCUT2D eigenvalue weighted by Gasteiger charge is 2.21. The van der Waals surface area contributed by atoms with E-state index >= 15 is 0 Å². The van der Waals surface area contributed by atoms with Crippen LogP contribution in [0.4, 0.5) is 5.13 Å². The summed E-state index contributed by atoms with van der Waals surface area (Å²) in [5, 5.41) is 13.0. The van der Waals surface area contributed by atoms with Gasteiger partial charge in [-0.15, -0.1) is 10.2 Å². The number of nitrogens with zero attached hydrogens (tertiary/aromatic N) is 5. The molecule has 0 radical (unpaired) electrons. The van der Waals surface area contributed by atoms with Gasteiger partial charge in [0.15, 0.2) is 10.2 Å². The minimum Gasteiger partial charge on any atom is -0.374 e. The molecule has 0 saturated heterocycles. The van der Waals surface area contributed by atoms with Crippen molar-refractivity contribution in [2.24, 2.45) is 0 Å². The normalized spacial score (nSPS) is 12.0. The predicted molar refractivity (Wildman–Crippen MR) is 91.0 cm³/mol. The number of hydrogen-bond donors (Lipinski definition) is 1. The van der Waals surface area contributed by atoms with Gasteiger partial charge in [-0.1, -0.05) is 23.1 Å².